The minimum absolute atomic E-state index is 0.0564. The van der Waals surface area contributed by atoms with Gasteiger partial charge in [0.2, 0.25) is 5.91 Å². The van der Waals surface area contributed by atoms with Crippen LogP contribution >= 0.6 is 7.82 Å². The molecule has 0 rings (SSSR count). The van der Waals surface area contributed by atoms with E-state index in [2.05, 4.69) is 92.1 Å². The molecule has 532 valence electrons. The van der Waals surface area contributed by atoms with E-state index in [1.54, 1.807) is 6.08 Å². The summed E-state index contributed by atoms with van der Waals surface area (Å²) in [4.78, 5) is 23.5. The van der Waals surface area contributed by atoms with Crippen molar-refractivity contribution in [3.05, 3.63) is 85.1 Å². The minimum Gasteiger partial charge on any atom is -0.387 e. The van der Waals surface area contributed by atoms with E-state index < -0.39 is 20.0 Å². The molecule has 9 heteroatoms. The zero-order valence-corrected chi connectivity index (χ0v) is 62.0. The Labute approximate surface area is 567 Å². The number of phosphoric ester groups is 1. The highest BCUT2D eigenvalue weighted by atomic mass is 31.2. The van der Waals surface area contributed by atoms with Gasteiger partial charge in [0.1, 0.15) is 13.2 Å². The number of rotatable bonds is 73. The first kappa shape index (κ1) is 88.7. The third-order valence-corrected chi connectivity index (χ3v) is 18.8. The Hall–Kier alpha value is -2.32. The van der Waals surface area contributed by atoms with E-state index in [0.29, 0.717) is 17.4 Å². The lowest BCUT2D eigenvalue weighted by molar-refractivity contribution is -0.870. The monoisotopic (exact) mass is 1290 g/mol. The zero-order valence-electron chi connectivity index (χ0n) is 61.1. The van der Waals surface area contributed by atoms with Gasteiger partial charge in [-0.15, -0.1) is 0 Å². The van der Waals surface area contributed by atoms with Crippen molar-refractivity contribution < 1.29 is 32.9 Å². The number of amides is 1. The van der Waals surface area contributed by atoms with E-state index in [9.17, 15) is 19.4 Å². The van der Waals surface area contributed by atoms with E-state index in [1.807, 2.05) is 27.2 Å². The zero-order chi connectivity index (χ0) is 66.2. The van der Waals surface area contributed by atoms with E-state index in [4.69, 9.17) is 9.05 Å². The number of hydrogen-bond acceptors (Lipinski definition) is 5. The molecule has 0 bridgehead atoms. The lowest BCUT2D eigenvalue weighted by Gasteiger charge is -2.25. The fraction of sp³-hybridized carbons (Fsp3) is 0.817. The normalized spacial score (nSPS) is 14.0. The molecule has 1 amide bonds. The van der Waals surface area contributed by atoms with Gasteiger partial charge in [0.15, 0.2) is 0 Å². The summed E-state index contributed by atoms with van der Waals surface area (Å²) in [6, 6.07) is -0.866. The predicted molar refractivity (Wildman–Crippen MR) is 401 cm³/mol. The van der Waals surface area contributed by atoms with Crippen molar-refractivity contribution in [1.29, 1.82) is 0 Å². The van der Waals surface area contributed by atoms with Crippen LogP contribution in [0.5, 0.6) is 0 Å². The Morgan fingerprint density at radius 2 is 0.670 bits per heavy atom. The minimum atomic E-state index is -4.37. The Morgan fingerprint density at radius 3 is 1.01 bits per heavy atom. The molecule has 0 radical (unpaired) electrons. The van der Waals surface area contributed by atoms with Crippen LogP contribution in [0, 0.1) is 0 Å². The molecule has 0 heterocycles. The molecule has 0 aliphatic rings. The van der Waals surface area contributed by atoms with Crippen molar-refractivity contribution in [1.82, 2.24) is 5.32 Å². The molecule has 3 unspecified atom stereocenters. The van der Waals surface area contributed by atoms with Crippen LogP contribution in [0.4, 0.5) is 0 Å². The molecule has 0 aromatic heterocycles. The molecule has 0 aliphatic heterocycles. The van der Waals surface area contributed by atoms with Gasteiger partial charge < -0.3 is 19.8 Å². The number of carbonyl (C=O) groups is 1. The summed E-state index contributed by atoms with van der Waals surface area (Å²) in [5.41, 5.74) is 0. The molecule has 3 N–H and O–H groups in total. The highest BCUT2D eigenvalue weighted by Crippen LogP contribution is 2.43. The second kappa shape index (κ2) is 72.0. The second-order valence-electron chi connectivity index (χ2n) is 28.1. The maximum Gasteiger partial charge on any atom is 0.472 e. The largest absolute Gasteiger partial charge is 0.472 e. The van der Waals surface area contributed by atoms with Crippen molar-refractivity contribution in [2.45, 2.75) is 392 Å². The Balaban J connectivity index is 3.96. The van der Waals surface area contributed by atoms with Gasteiger partial charge in [0.05, 0.1) is 39.9 Å². The number of unbranched alkanes of at least 4 members (excludes halogenated alkanes) is 48. The van der Waals surface area contributed by atoms with Gasteiger partial charge in [-0.2, -0.15) is 0 Å². The van der Waals surface area contributed by atoms with E-state index in [1.165, 1.54) is 289 Å². The van der Waals surface area contributed by atoms with E-state index in [-0.39, 0.29) is 19.1 Å². The van der Waals surface area contributed by atoms with Gasteiger partial charge in [-0.3, -0.25) is 13.8 Å². The summed E-state index contributed by atoms with van der Waals surface area (Å²) in [5, 5.41) is 14.0. The maximum absolute atomic E-state index is 13.1. The molecular weight excluding hydrogens is 1140 g/mol. The van der Waals surface area contributed by atoms with Crippen LogP contribution in [0.2, 0.25) is 0 Å². The average molecular weight is 1300 g/mol. The molecule has 0 saturated carbocycles. The number of aliphatic hydroxyl groups excluding tert-OH is 1. The summed E-state index contributed by atoms with van der Waals surface area (Å²) >= 11 is 0. The lowest BCUT2D eigenvalue weighted by atomic mass is 10.0. The molecule has 0 aromatic rings. The van der Waals surface area contributed by atoms with Crippen LogP contribution in [0.3, 0.4) is 0 Å². The number of nitrogens with one attached hydrogen (secondary N) is 1. The summed E-state index contributed by atoms with van der Waals surface area (Å²) in [5.74, 6) is -0.180. The summed E-state index contributed by atoms with van der Waals surface area (Å²) in [6.45, 7) is 4.73. The van der Waals surface area contributed by atoms with E-state index in [0.717, 1.165) is 70.6 Å². The highest BCUT2D eigenvalue weighted by molar-refractivity contribution is 7.47. The van der Waals surface area contributed by atoms with Gasteiger partial charge in [0.25, 0.3) is 0 Å². The topological polar surface area (TPSA) is 105 Å². The number of phosphoric acid groups is 1. The van der Waals surface area contributed by atoms with Gasteiger partial charge in [-0.1, -0.05) is 381 Å². The first-order chi connectivity index (χ1) is 44.5. The molecule has 0 aromatic carbocycles. The van der Waals surface area contributed by atoms with E-state index >= 15 is 0 Å². The lowest BCUT2D eigenvalue weighted by Crippen LogP contribution is -2.45. The summed E-state index contributed by atoms with van der Waals surface area (Å²) in [7, 11) is 1.57. The Bertz CT molecular complexity index is 1760. The molecule has 91 heavy (non-hydrogen) atoms. The van der Waals surface area contributed by atoms with Crippen LogP contribution in [-0.4, -0.2) is 73.4 Å². The standard InChI is InChI=1S/C82H153N2O6P/c1-6-8-10-12-14-16-18-20-22-24-26-28-30-32-34-36-37-38-39-40-41-42-43-44-45-46-47-48-50-52-54-56-58-60-62-64-66-68-70-72-74-76-82(86)83-80(79-90-91(87,88)89-78-77-84(3,4)5)81(85)75-73-71-69-67-65-63-61-59-57-55-53-51-49-35-33-31-29-27-25-23-21-19-17-15-13-11-9-7-2/h8,10,14,16,20,22,26,28,32,34,65,67,73,75,80-81,85H,6-7,9,11-13,15,17-19,21,23-25,27,29-31,33,35-64,66,68-72,74,76-79H2,1-5H3,(H-,83,86,87,88)/p+1/b10-8-,16-14-,22-20-,28-26-,34-32-,67-65+,75-73+. The number of allylic oxidation sites excluding steroid dienone is 13. The maximum atomic E-state index is 13.1. The molecule has 0 fully saturated rings. The Morgan fingerprint density at radius 1 is 0.385 bits per heavy atom. The molecule has 8 nitrogen and oxygen atoms in total. The molecule has 3 atom stereocenters. The SMILES string of the molecule is CC/C=C\C/C=C\C/C=C\C/C=C\C/C=C\CCCCCCCCCCCCCCCCCCCCCCCCCCCC(=O)NC(COP(=O)(O)OCC[N+](C)(C)C)C(O)/C=C/CC/C=C/CCCCCCCCCCCCCCCCCCCCCCCC. The number of carbonyl (C=O) groups excluding carboxylic acids is 1. The molecule has 0 aliphatic carbocycles. The predicted octanol–water partition coefficient (Wildman–Crippen LogP) is 25.8. The van der Waals surface area contributed by atoms with Crippen molar-refractivity contribution in [2.24, 2.45) is 0 Å². The summed E-state index contributed by atoms with van der Waals surface area (Å²) < 4.78 is 23.9. The molecule has 0 spiro atoms. The summed E-state index contributed by atoms with van der Waals surface area (Å²) in [6.07, 6.45) is 104. The number of quaternary nitrogens is 1. The van der Waals surface area contributed by atoms with Crippen LogP contribution in [0.15, 0.2) is 85.1 Å². The van der Waals surface area contributed by atoms with Gasteiger partial charge in [0, 0.05) is 6.42 Å². The molecular formula is C82H154N2O6P+. The van der Waals surface area contributed by atoms with Crippen molar-refractivity contribution in [3.63, 3.8) is 0 Å². The van der Waals surface area contributed by atoms with Crippen LogP contribution in [0.25, 0.3) is 0 Å². The van der Waals surface area contributed by atoms with Crippen molar-refractivity contribution in [2.75, 3.05) is 40.9 Å². The smallest absolute Gasteiger partial charge is 0.387 e. The van der Waals surface area contributed by atoms with Gasteiger partial charge in [-0.25, -0.2) is 4.57 Å². The third-order valence-electron chi connectivity index (χ3n) is 17.8. The van der Waals surface area contributed by atoms with Crippen LogP contribution in [0.1, 0.15) is 380 Å². The van der Waals surface area contributed by atoms with Crippen molar-refractivity contribution in [3.8, 4) is 0 Å². The quantitative estimate of drug-likeness (QED) is 0.0243. The molecule has 0 saturated heterocycles. The van der Waals surface area contributed by atoms with Crippen LogP contribution in [-0.2, 0) is 18.4 Å². The second-order valence-corrected chi connectivity index (χ2v) is 29.5. The van der Waals surface area contributed by atoms with Gasteiger partial charge in [-0.05, 0) is 77.0 Å². The number of nitrogens with zero attached hydrogens (tertiary/aromatic N) is 1. The Kier molecular flexibility index (Phi) is 70.1. The fourth-order valence-corrected chi connectivity index (χ4v) is 12.5. The first-order valence-corrected chi connectivity index (χ1v) is 41.0. The third kappa shape index (κ3) is 74.9. The number of likely N-dealkylation sites (N-methyl/N-ethyl adjacent to an activating group) is 1. The van der Waals surface area contributed by atoms with Crippen molar-refractivity contribution >= 4 is 13.7 Å². The van der Waals surface area contributed by atoms with Gasteiger partial charge >= 0.3 is 7.82 Å². The number of hydrogen-bond donors (Lipinski definition) is 3. The van der Waals surface area contributed by atoms with Crippen LogP contribution < -0.4 is 5.32 Å². The fourth-order valence-electron chi connectivity index (χ4n) is 11.8. The first-order valence-electron chi connectivity index (χ1n) is 39.5. The number of aliphatic hydroxyl groups is 1. The highest BCUT2D eigenvalue weighted by Gasteiger charge is 2.28. The average Bonchev–Trinajstić information content (AvgIpc) is 3.59.